The largest absolute Gasteiger partial charge is 0.276 e. The molecule has 0 radical (unpaired) electrons. The lowest BCUT2D eigenvalue weighted by Gasteiger charge is -2.12. The van der Waals surface area contributed by atoms with Crippen LogP contribution in [-0.2, 0) is 10.0 Å². The van der Waals surface area contributed by atoms with Crippen LogP contribution in [0.2, 0.25) is 0 Å². The fraction of sp³-hybridized carbons (Fsp3) is 0.562. The number of benzene rings is 1. The third-order valence-corrected chi connectivity index (χ3v) is 5.90. The van der Waals surface area contributed by atoms with Crippen molar-refractivity contribution in [3.8, 4) is 0 Å². The first kappa shape index (κ1) is 14.6. The molecule has 1 N–H and O–H groups in total. The Kier molecular flexibility index (Phi) is 3.78. The van der Waals surface area contributed by atoms with E-state index in [1.807, 2.05) is 12.1 Å². The number of hydrazone groups is 1. The van der Waals surface area contributed by atoms with Crippen LogP contribution < -0.4 is 4.83 Å². The lowest BCUT2D eigenvalue weighted by molar-refractivity contribution is 0.579. The van der Waals surface area contributed by atoms with Gasteiger partial charge in [0.25, 0.3) is 10.0 Å². The van der Waals surface area contributed by atoms with Gasteiger partial charge in [-0.1, -0.05) is 26.0 Å². The van der Waals surface area contributed by atoms with Gasteiger partial charge in [0.1, 0.15) is 0 Å². The van der Waals surface area contributed by atoms with E-state index in [1.54, 1.807) is 12.1 Å². The van der Waals surface area contributed by atoms with E-state index in [4.69, 9.17) is 0 Å². The lowest BCUT2D eigenvalue weighted by atomic mass is 9.99. The summed E-state index contributed by atoms with van der Waals surface area (Å²) in [6.45, 7) is 4.17. The second kappa shape index (κ2) is 5.44. The summed E-state index contributed by atoms with van der Waals surface area (Å²) in [5, 5.41) is 4.19. The van der Waals surface area contributed by atoms with Crippen LogP contribution in [0.4, 0.5) is 0 Å². The van der Waals surface area contributed by atoms with Crippen LogP contribution in [0, 0.1) is 11.8 Å². The highest BCUT2D eigenvalue weighted by Gasteiger charge is 2.36. The quantitative estimate of drug-likeness (QED) is 0.868. The molecule has 2 saturated carbocycles. The number of sulfonamides is 1. The van der Waals surface area contributed by atoms with Crippen molar-refractivity contribution in [1.29, 1.82) is 0 Å². The van der Waals surface area contributed by atoms with Gasteiger partial charge in [0.05, 0.1) is 4.90 Å². The summed E-state index contributed by atoms with van der Waals surface area (Å²) in [5.41, 5.74) is 2.17. The van der Waals surface area contributed by atoms with Gasteiger partial charge in [0, 0.05) is 5.71 Å². The van der Waals surface area contributed by atoms with Crippen molar-refractivity contribution in [3.05, 3.63) is 29.8 Å². The zero-order valence-electron chi connectivity index (χ0n) is 12.5. The molecular weight excluding hydrogens is 284 g/mol. The lowest BCUT2D eigenvalue weighted by Crippen LogP contribution is -2.22. The first-order valence-corrected chi connectivity index (χ1v) is 9.12. The molecule has 2 bridgehead atoms. The molecule has 5 heteroatoms. The molecule has 0 aliphatic heterocycles. The van der Waals surface area contributed by atoms with Crippen LogP contribution in [0.15, 0.2) is 34.3 Å². The van der Waals surface area contributed by atoms with Gasteiger partial charge < -0.3 is 0 Å². The average molecular weight is 306 g/mol. The van der Waals surface area contributed by atoms with Crippen LogP contribution in [0.3, 0.4) is 0 Å². The molecule has 0 aromatic heterocycles. The molecule has 1 aromatic rings. The Labute approximate surface area is 126 Å². The standard InChI is InChI=1S/C16H22N2O2S/c1-11(2)13-5-7-15(8-6-13)21(19,20)18-17-16-10-12-3-4-14(16)9-12/h5-8,11-12,14,18H,3-4,9-10H2,1-2H3/b17-16-/t12-,14-/m0/s1. The predicted molar refractivity (Wildman–Crippen MR) is 83.7 cm³/mol. The first-order valence-electron chi connectivity index (χ1n) is 7.64. The van der Waals surface area contributed by atoms with Crippen molar-refractivity contribution < 1.29 is 8.42 Å². The highest BCUT2D eigenvalue weighted by Crippen LogP contribution is 2.42. The van der Waals surface area contributed by atoms with E-state index in [-0.39, 0.29) is 4.90 Å². The molecule has 0 unspecified atom stereocenters. The second-order valence-electron chi connectivity index (χ2n) is 6.50. The maximum absolute atomic E-state index is 12.3. The van der Waals surface area contributed by atoms with Crippen molar-refractivity contribution in [3.63, 3.8) is 0 Å². The summed E-state index contributed by atoms with van der Waals surface area (Å²) in [6.07, 6.45) is 4.57. The number of fused-ring (bicyclic) bond motifs is 2. The van der Waals surface area contributed by atoms with Crippen molar-refractivity contribution in [2.24, 2.45) is 16.9 Å². The molecule has 1 aromatic carbocycles. The Morgan fingerprint density at radius 1 is 1.19 bits per heavy atom. The molecule has 0 saturated heterocycles. The van der Waals surface area contributed by atoms with E-state index in [0.717, 1.165) is 30.0 Å². The maximum atomic E-state index is 12.3. The van der Waals surface area contributed by atoms with Gasteiger partial charge in [0.2, 0.25) is 0 Å². The van der Waals surface area contributed by atoms with Gasteiger partial charge in [0.15, 0.2) is 0 Å². The van der Waals surface area contributed by atoms with Crippen molar-refractivity contribution >= 4 is 15.7 Å². The minimum absolute atomic E-state index is 0.277. The fourth-order valence-corrected chi connectivity index (χ4v) is 4.20. The minimum atomic E-state index is -3.54. The Bertz CT molecular complexity index is 647. The summed E-state index contributed by atoms with van der Waals surface area (Å²) in [5.74, 6) is 1.62. The maximum Gasteiger partial charge on any atom is 0.276 e. The van der Waals surface area contributed by atoms with Crippen molar-refractivity contribution in [2.45, 2.75) is 50.3 Å². The second-order valence-corrected chi connectivity index (χ2v) is 8.16. The molecule has 3 rings (SSSR count). The third kappa shape index (κ3) is 2.98. The summed E-state index contributed by atoms with van der Waals surface area (Å²) in [4.78, 5) is 2.69. The predicted octanol–water partition coefficient (Wildman–Crippen LogP) is 3.26. The van der Waals surface area contributed by atoms with Gasteiger partial charge in [-0.15, -0.1) is 0 Å². The van der Waals surface area contributed by atoms with E-state index < -0.39 is 10.0 Å². The highest BCUT2D eigenvalue weighted by atomic mass is 32.2. The van der Waals surface area contributed by atoms with Gasteiger partial charge >= 0.3 is 0 Å². The normalized spacial score (nSPS) is 26.7. The average Bonchev–Trinajstić information content (AvgIpc) is 3.08. The molecule has 2 aliphatic carbocycles. The van der Waals surface area contributed by atoms with Crippen LogP contribution in [0.1, 0.15) is 51.0 Å². The number of nitrogens with one attached hydrogen (secondary N) is 1. The monoisotopic (exact) mass is 306 g/mol. The van der Waals surface area contributed by atoms with Crippen LogP contribution >= 0.6 is 0 Å². The zero-order chi connectivity index (χ0) is 15.0. The topological polar surface area (TPSA) is 58.5 Å². The Morgan fingerprint density at radius 3 is 2.43 bits per heavy atom. The molecule has 0 heterocycles. The smallest absolute Gasteiger partial charge is 0.200 e. The van der Waals surface area contributed by atoms with Gasteiger partial charge in [-0.25, -0.2) is 4.83 Å². The Morgan fingerprint density at radius 2 is 1.90 bits per heavy atom. The third-order valence-electron chi connectivity index (χ3n) is 4.68. The molecule has 21 heavy (non-hydrogen) atoms. The number of rotatable bonds is 4. The van der Waals surface area contributed by atoms with Gasteiger partial charge in [-0.3, -0.25) is 0 Å². The number of hydrogen-bond donors (Lipinski definition) is 1. The van der Waals surface area contributed by atoms with E-state index in [2.05, 4.69) is 23.8 Å². The van der Waals surface area contributed by atoms with Crippen LogP contribution in [0.5, 0.6) is 0 Å². The Balaban J connectivity index is 1.73. The molecule has 0 amide bonds. The highest BCUT2D eigenvalue weighted by molar-refractivity contribution is 7.89. The van der Waals surface area contributed by atoms with Crippen LogP contribution in [0.25, 0.3) is 0 Å². The van der Waals surface area contributed by atoms with E-state index in [1.165, 1.54) is 12.8 Å². The Hall–Kier alpha value is -1.36. The van der Waals surface area contributed by atoms with E-state index >= 15 is 0 Å². The summed E-state index contributed by atoms with van der Waals surface area (Å²) >= 11 is 0. The molecule has 114 valence electrons. The molecule has 2 fully saturated rings. The number of hydrogen-bond acceptors (Lipinski definition) is 3. The van der Waals surface area contributed by atoms with E-state index in [0.29, 0.717) is 11.8 Å². The van der Waals surface area contributed by atoms with Gasteiger partial charge in [-0.05, 0) is 61.1 Å². The van der Waals surface area contributed by atoms with Crippen molar-refractivity contribution in [1.82, 2.24) is 4.83 Å². The summed E-state index contributed by atoms with van der Waals surface area (Å²) in [6, 6.07) is 7.03. The van der Waals surface area contributed by atoms with Crippen LogP contribution in [-0.4, -0.2) is 14.1 Å². The first-order chi connectivity index (χ1) is 9.95. The minimum Gasteiger partial charge on any atom is -0.200 e. The summed E-state index contributed by atoms with van der Waals surface area (Å²) < 4.78 is 24.5. The molecular formula is C16H22N2O2S. The number of nitrogens with zero attached hydrogens (tertiary/aromatic N) is 1. The fourth-order valence-electron chi connectivity index (χ4n) is 3.37. The summed E-state index contributed by atoms with van der Waals surface area (Å²) in [7, 11) is -3.54. The van der Waals surface area contributed by atoms with Gasteiger partial charge in [-0.2, -0.15) is 13.5 Å². The SMILES string of the molecule is CC(C)c1ccc(S(=O)(=O)N/N=C2/C[C@H]3CC[C@H]2C3)cc1. The molecule has 0 spiro atoms. The molecule has 2 atom stereocenters. The molecule has 2 aliphatic rings. The zero-order valence-corrected chi connectivity index (χ0v) is 13.4. The van der Waals surface area contributed by atoms with E-state index in [9.17, 15) is 8.42 Å². The molecule has 4 nitrogen and oxygen atoms in total. The van der Waals surface area contributed by atoms with Crippen molar-refractivity contribution in [2.75, 3.05) is 0 Å².